The van der Waals surface area contributed by atoms with Gasteiger partial charge in [-0.3, -0.25) is 9.36 Å². The fraction of sp³-hybridized carbons (Fsp3) is 0.233. The molecule has 0 radical (unpaired) electrons. The summed E-state index contributed by atoms with van der Waals surface area (Å²) in [6.07, 6.45) is 1.90. The highest BCUT2D eigenvalue weighted by Crippen LogP contribution is 2.36. The normalized spacial score (nSPS) is 17.6. The second-order valence-electron chi connectivity index (χ2n) is 9.14. The van der Waals surface area contributed by atoms with Crippen molar-refractivity contribution in [3.63, 3.8) is 0 Å². The number of morpholine rings is 1. The Labute approximate surface area is 233 Å². The topological polar surface area (TPSA) is 73.1 Å². The average Bonchev–Trinajstić information content (AvgIpc) is 3.62. The number of hydrogen-bond donors (Lipinski definition) is 0. The zero-order chi connectivity index (χ0) is 26.8. The Kier molecular flexibility index (Phi) is 7.28. The maximum Gasteiger partial charge on any atom is 0.338 e. The van der Waals surface area contributed by atoms with Crippen molar-refractivity contribution >= 4 is 46.1 Å². The molecule has 6 rings (SSSR count). The Balaban J connectivity index is 1.49. The van der Waals surface area contributed by atoms with Gasteiger partial charge in [0.25, 0.3) is 5.56 Å². The van der Waals surface area contributed by atoms with E-state index in [9.17, 15) is 9.59 Å². The third-order valence-electron chi connectivity index (χ3n) is 6.75. The van der Waals surface area contributed by atoms with E-state index in [1.807, 2.05) is 66.1 Å². The lowest BCUT2D eigenvalue weighted by molar-refractivity contribution is -0.138. The highest BCUT2D eigenvalue weighted by molar-refractivity contribution is 7.10. The SMILES string of the molecule is CCOC(=O)C1=C(c2ccccc2)N=c2s/c(=C/c3ccc(N4CCOCC4)cc3)c(=O)n2[C@@H]1c1cccs1. The molecular formula is C30H27N3O4S2. The molecule has 4 aromatic rings. The van der Waals surface area contributed by atoms with Crippen molar-refractivity contribution in [1.82, 2.24) is 4.57 Å². The Bertz CT molecular complexity index is 1680. The van der Waals surface area contributed by atoms with Crippen LogP contribution in [0.3, 0.4) is 0 Å². The number of thiophene rings is 1. The second-order valence-corrected chi connectivity index (χ2v) is 11.1. The van der Waals surface area contributed by atoms with Crippen molar-refractivity contribution in [2.75, 3.05) is 37.8 Å². The van der Waals surface area contributed by atoms with Gasteiger partial charge in [-0.15, -0.1) is 11.3 Å². The van der Waals surface area contributed by atoms with Crippen LogP contribution in [0.1, 0.15) is 29.0 Å². The molecule has 1 atom stereocenters. The van der Waals surface area contributed by atoms with Crippen LogP contribution in [0, 0.1) is 0 Å². The highest BCUT2D eigenvalue weighted by Gasteiger charge is 2.35. The van der Waals surface area contributed by atoms with Crippen molar-refractivity contribution in [1.29, 1.82) is 0 Å². The number of carbonyl (C=O) groups excluding carboxylic acids is 1. The van der Waals surface area contributed by atoms with Crippen LogP contribution in [0.4, 0.5) is 5.69 Å². The maximum absolute atomic E-state index is 13.9. The zero-order valence-electron chi connectivity index (χ0n) is 21.4. The number of ether oxygens (including phenoxy) is 2. The zero-order valence-corrected chi connectivity index (χ0v) is 23.0. The lowest BCUT2D eigenvalue weighted by atomic mass is 9.97. The first-order valence-corrected chi connectivity index (χ1v) is 14.6. The maximum atomic E-state index is 13.9. The summed E-state index contributed by atoms with van der Waals surface area (Å²) >= 11 is 2.84. The number of anilines is 1. The molecule has 2 aromatic heterocycles. The highest BCUT2D eigenvalue weighted by atomic mass is 32.1. The lowest BCUT2D eigenvalue weighted by Gasteiger charge is -2.28. The second kappa shape index (κ2) is 11.1. The Hall–Kier alpha value is -3.79. The summed E-state index contributed by atoms with van der Waals surface area (Å²) in [4.78, 5) is 35.9. The first kappa shape index (κ1) is 25.5. The molecule has 0 spiro atoms. The van der Waals surface area contributed by atoms with Gasteiger partial charge in [0, 0.05) is 29.2 Å². The Morgan fingerprint density at radius 2 is 1.85 bits per heavy atom. The van der Waals surface area contributed by atoms with Crippen molar-refractivity contribution < 1.29 is 14.3 Å². The van der Waals surface area contributed by atoms with E-state index in [4.69, 9.17) is 14.5 Å². The van der Waals surface area contributed by atoms with Crippen LogP contribution in [0.5, 0.6) is 0 Å². The molecule has 39 heavy (non-hydrogen) atoms. The van der Waals surface area contributed by atoms with Gasteiger partial charge in [-0.2, -0.15) is 0 Å². The minimum absolute atomic E-state index is 0.177. The minimum atomic E-state index is -0.624. The fourth-order valence-corrected chi connectivity index (χ4v) is 6.74. The van der Waals surface area contributed by atoms with E-state index >= 15 is 0 Å². The van der Waals surface area contributed by atoms with E-state index in [-0.39, 0.29) is 12.2 Å². The molecule has 4 heterocycles. The van der Waals surface area contributed by atoms with Gasteiger partial charge < -0.3 is 14.4 Å². The van der Waals surface area contributed by atoms with Crippen LogP contribution in [-0.4, -0.2) is 43.4 Å². The van der Waals surface area contributed by atoms with Crippen LogP contribution >= 0.6 is 22.7 Å². The van der Waals surface area contributed by atoms with Gasteiger partial charge >= 0.3 is 5.97 Å². The van der Waals surface area contributed by atoms with Crippen molar-refractivity contribution in [2.45, 2.75) is 13.0 Å². The molecular weight excluding hydrogens is 530 g/mol. The summed E-state index contributed by atoms with van der Waals surface area (Å²) in [5.41, 5.74) is 3.61. The Morgan fingerprint density at radius 1 is 1.08 bits per heavy atom. The molecule has 9 heteroatoms. The van der Waals surface area contributed by atoms with E-state index in [1.54, 1.807) is 11.5 Å². The third kappa shape index (κ3) is 5.01. The summed E-state index contributed by atoms with van der Waals surface area (Å²) in [6.45, 7) is 5.20. The fourth-order valence-electron chi connectivity index (χ4n) is 4.91. The molecule has 2 aliphatic rings. The molecule has 0 N–H and O–H groups in total. The molecule has 2 aliphatic heterocycles. The molecule has 7 nitrogen and oxygen atoms in total. The number of hydrogen-bond acceptors (Lipinski definition) is 8. The van der Waals surface area contributed by atoms with Crippen LogP contribution in [-0.2, 0) is 14.3 Å². The van der Waals surface area contributed by atoms with Gasteiger partial charge in [-0.25, -0.2) is 9.79 Å². The van der Waals surface area contributed by atoms with Gasteiger partial charge in [-0.1, -0.05) is 59.9 Å². The number of carbonyl (C=O) groups is 1. The quantitative estimate of drug-likeness (QED) is 0.337. The average molecular weight is 558 g/mol. The number of fused-ring (bicyclic) bond motifs is 1. The van der Waals surface area contributed by atoms with Crippen LogP contribution < -0.4 is 19.8 Å². The smallest absolute Gasteiger partial charge is 0.338 e. The summed E-state index contributed by atoms with van der Waals surface area (Å²) in [7, 11) is 0. The van der Waals surface area contributed by atoms with E-state index in [2.05, 4.69) is 17.0 Å². The van der Waals surface area contributed by atoms with Crippen LogP contribution in [0.25, 0.3) is 11.8 Å². The molecule has 2 aromatic carbocycles. The molecule has 0 amide bonds. The van der Waals surface area contributed by atoms with Gasteiger partial charge in [-0.05, 0) is 42.1 Å². The van der Waals surface area contributed by atoms with Crippen LogP contribution in [0.2, 0.25) is 0 Å². The molecule has 0 aliphatic carbocycles. The van der Waals surface area contributed by atoms with Crippen LogP contribution in [0.15, 0.2) is 87.5 Å². The molecule has 0 bridgehead atoms. The molecule has 0 saturated carbocycles. The van der Waals surface area contributed by atoms with Crippen molar-refractivity contribution in [3.05, 3.63) is 113 Å². The number of thiazole rings is 1. The summed E-state index contributed by atoms with van der Waals surface area (Å²) in [6, 6.07) is 21.1. The summed E-state index contributed by atoms with van der Waals surface area (Å²) in [5, 5.41) is 1.95. The van der Waals surface area contributed by atoms with Crippen molar-refractivity contribution in [2.24, 2.45) is 4.99 Å². The van der Waals surface area contributed by atoms with E-state index in [0.29, 0.717) is 20.6 Å². The summed E-state index contributed by atoms with van der Waals surface area (Å²) in [5.74, 6) is -0.466. The Morgan fingerprint density at radius 3 is 2.54 bits per heavy atom. The first-order valence-electron chi connectivity index (χ1n) is 12.9. The van der Waals surface area contributed by atoms with Crippen molar-refractivity contribution in [3.8, 4) is 0 Å². The van der Waals surface area contributed by atoms with E-state index in [0.717, 1.165) is 48.0 Å². The minimum Gasteiger partial charge on any atom is -0.463 e. The number of benzene rings is 2. The third-order valence-corrected chi connectivity index (χ3v) is 8.66. The monoisotopic (exact) mass is 557 g/mol. The number of nitrogens with zero attached hydrogens (tertiary/aromatic N) is 3. The van der Waals surface area contributed by atoms with Gasteiger partial charge in [0.05, 0.1) is 35.6 Å². The van der Waals surface area contributed by atoms with Gasteiger partial charge in [0.2, 0.25) is 0 Å². The van der Waals surface area contributed by atoms with Gasteiger partial charge in [0.1, 0.15) is 6.04 Å². The molecule has 1 saturated heterocycles. The predicted octanol–water partition coefficient (Wildman–Crippen LogP) is 3.83. The first-order chi connectivity index (χ1) is 19.1. The number of aromatic nitrogens is 1. The molecule has 198 valence electrons. The molecule has 0 unspecified atom stereocenters. The number of esters is 1. The standard InChI is InChI=1S/C30H27N3O4S2/c1-2-37-29(35)25-26(21-7-4-3-5-8-21)31-30-33(27(25)23-9-6-18-38-23)28(34)24(39-30)19-20-10-12-22(13-11-20)32-14-16-36-17-15-32/h3-13,18-19,27H,2,14-17H2,1H3/b24-19+/t27-/m1/s1. The molecule has 1 fully saturated rings. The number of rotatable bonds is 6. The van der Waals surface area contributed by atoms with E-state index in [1.165, 1.54) is 22.7 Å². The lowest BCUT2D eigenvalue weighted by Crippen LogP contribution is -2.39. The van der Waals surface area contributed by atoms with E-state index < -0.39 is 12.0 Å². The predicted molar refractivity (Wildman–Crippen MR) is 155 cm³/mol. The van der Waals surface area contributed by atoms with Gasteiger partial charge in [0.15, 0.2) is 4.80 Å². The summed E-state index contributed by atoms with van der Waals surface area (Å²) < 4.78 is 13.2. The largest absolute Gasteiger partial charge is 0.463 e.